The molecule has 0 bridgehead atoms. The van der Waals surface area contributed by atoms with Crippen LogP contribution in [0.2, 0.25) is 6.04 Å². The molecular weight excluding hydrogens is 326 g/mol. The first-order valence-corrected chi connectivity index (χ1v) is 10.7. The molecule has 0 atom stereocenters. The van der Waals surface area contributed by atoms with Gasteiger partial charge >= 0.3 is 0 Å². The van der Waals surface area contributed by atoms with E-state index in [0.29, 0.717) is 9.52 Å². The van der Waals surface area contributed by atoms with Crippen LogP contribution in [0.15, 0.2) is 28.6 Å². The molecule has 0 amide bonds. The molecule has 20 heavy (non-hydrogen) atoms. The third kappa shape index (κ3) is 5.05. The normalized spacial score (nSPS) is 11.6. The van der Waals surface area contributed by atoms with Gasteiger partial charge in [-0.15, -0.1) is 11.3 Å². The Hall–Kier alpha value is -0.0531. The van der Waals surface area contributed by atoms with E-state index in [1.807, 2.05) is 16.9 Å². The zero-order valence-corrected chi connectivity index (χ0v) is 14.9. The second-order valence-electron chi connectivity index (χ2n) is 3.96. The van der Waals surface area contributed by atoms with Gasteiger partial charge in [-0.3, -0.25) is 0 Å². The summed E-state index contributed by atoms with van der Waals surface area (Å²) >= 11 is 1.77. The third-order valence-corrected chi connectivity index (χ3v) is 7.78. The zero-order chi connectivity index (χ0) is 14.2. The van der Waals surface area contributed by atoms with Gasteiger partial charge in [0.25, 0.3) is 0 Å². The van der Waals surface area contributed by atoms with Crippen molar-refractivity contribution in [2.75, 3.05) is 20.0 Å². The maximum absolute atomic E-state index is 5.18. The fourth-order valence-corrected chi connectivity index (χ4v) is 6.24. The molecule has 1 aromatic carbocycles. The van der Waals surface area contributed by atoms with Gasteiger partial charge in [0.05, 0.1) is 10.2 Å². The van der Waals surface area contributed by atoms with Crippen LogP contribution < -0.4 is 0 Å². The number of thiazole rings is 1. The molecule has 0 saturated carbocycles. The summed E-state index contributed by atoms with van der Waals surface area (Å²) in [4.78, 5) is 4.61. The van der Waals surface area contributed by atoms with Crippen molar-refractivity contribution < 1.29 is 9.47 Å². The maximum Gasteiger partial charge on any atom is 0.161 e. The molecule has 3 nitrogen and oxygen atoms in total. The highest BCUT2D eigenvalue weighted by Crippen LogP contribution is 2.36. The largest absolute Gasteiger partial charge is 0.360 e. The van der Waals surface area contributed by atoms with E-state index in [-0.39, 0.29) is 5.91 Å². The van der Waals surface area contributed by atoms with Crippen LogP contribution in [-0.4, -0.2) is 40.4 Å². The maximum atomic E-state index is 5.18. The van der Waals surface area contributed by atoms with E-state index in [0.717, 1.165) is 21.7 Å². The van der Waals surface area contributed by atoms with Crippen LogP contribution >= 0.6 is 32.9 Å². The molecule has 0 fully saturated rings. The molecule has 0 spiro atoms. The van der Waals surface area contributed by atoms with E-state index in [4.69, 9.17) is 9.47 Å². The van der Waals surface area contributed by atoms with Crippen LogP contribution in [0.5, 0.6) is 0 Å². The van der Waals surface area contributed by atoms with Gasteiger partial charge in [0.1, 0.15) is 15.4 Å². The Morgan fingerprint density at radius 3 is 2.85 bits per heavy atom. The minimum absolute atomic E-state index is 0.0306. The van der Waals surface area contributed by atoms with Crippen LogP contribution in [0.4, 0.5) is 0 Å². The van der Waals surface area contributed by atoms with Crippen molar-refractivity contribution >= 4 is 52.7 Å². The van der Waals surface area contributed by atoms with E-state index in [1.165, 1.54) is 11.1 Å². The molecule has 0 aliphatic heterocycles. The smallest absolute Gasteiger partial charge is 0.161 e. The lowest BCUT2D eigenvalue weighted by Gasteiger charge is -2.11. The monoisotopic (exact) mass is 343 g/mol. The minimum Gasteiger partial charge on any atom is -0.360 e. The molecule has 2 radical (unpaired) electrons. The summed E-state index contributed by atoms with van der Waals surface area (Å²) in [5.74, 6) is 1.10. The number of hydrogen-bond donors (Lipinski definition) is 0. The SMILES string of the molecule is COC(OC)[Si]CCCSSc1nc2ccccc2s1. The highest BCUT2D eigenvalue weighted by molar-refractivity contribution is 8.77. The Morgan fingerprint density at radius 2 is 2.10 bits per heavy atom. The predicted molar refractivity (Wildman–Crippen MR) is 90.9 cm³/mol. The van der Waals surface area contributed by atoms with E-state index in [1.54, 1.807) is 36.4 Å². The summed E-state index contributed by atoms with van der Waals surface area (Å²) in [5, 5.41) is 0. The second kappa shape index (κ2) is 9.06. The lowest BCUT2D eigenvalue weighted by Crippen LogP contribution is -2.21. The molecule has 0 saturated heterocycles. The number of hydrogen-bond acceptors (Lipinski definition) is 6. The summed E-state index contributed by atoms with van der Waals surface area (Å²) in [6, 6.07) is 9.44. The first-order chi connectivity index (χ1) is 9.83. The van der Waals surface area contributed by atoms with E-state index >= 15 is 0 Å². The average molecular weight is 344 g/mol. The average Bonchev–Trinajstić information content (AvgIpc) is 2.89. The Bertz CT molecular complexity index is 486. The van der Waals surface area contributed by atoms with Gasteiger partial charge < -0.3 is 9.47 Å². The van der Waals surface area contributed by atoms with Gasteiger partial charge in [0.15, 0.2) is 4.34 Å². The molecule has 1 heterocycles. The molecule has 0 unspecified atom stereocenters. The summed E-state index contributed by atoms with van der Waals surface area (Å²) in [6.07, 6.45) is 1.18. The van der Waals surface area contributed by atoms with Gasteiger partial charge in [-0.05, 0) is 29.3 Å². The fourth-order valence-electron chi connectivity index (χ4n) is 1.59. The van der Waals surface area contributed by atoms with Crippen molar-refractivity contribution in [3.8, 4) is 0 Å². The van der Waals surface area contributed by atoms with Crippen molar-refractivity contribution in [2.24, 2.45) is 0 Å². The van der Waals surface area contributed by atoms with Crippen molar-refractivity contribution in [3.63, 3.8) is 0 Å². The third-order valence-electron chi connectivity index (χ3n) is 2.55. The number of aromatic nitrogens is 1. The number of para-hydroxylation sites is 1. The van der Waals surface area contributed by atoms with Crippen LogP contribution in [0.25, 0.3) is 10.2 Å². The topological polar surface area (TPSA) is 31.4 Å². The van der Waals surface area contributed by atoms with Crippen LogP contribution in [0.3, 0.4) is 0 Å². The Kier molecular flexibility index (Phi) is 7.40. The van der Waals surface area contributed by atoms with Gasteiger partial charge in [0, 0.05) is 20.0 Å². The Labute approximate surface area is 134 Å². The predicted octanol–water partition coefficient (Wildman–Crippen LogP) is 4.13. The first-order valence-electron chi connectivity index (χ1n) is 6.27. The molecule has 2 aromatic rings. The molecule has 0 aliphatic carbocycles. The van der Waals surface area contributed by atoms with Crippen molar-refractivity contribution in [2.45, 2.75) is 22.7 Å². The Morgan fingerprint density at radius 1 is 1.30 bits per heavy atom. The number of benzene rings is 1. The van der Waals surface area contributed by atoms with E-state index in [9.17, 15) is 0 Å². The Balaban J connectivity index is 1.63. The molecule has 2 rings (SSSR count). The summed E-state index contributed by atoms with van der Waals surface area (Å²) in [7, 11) is 7.76. The molecule has 0 N–H and O–H groups in total. The summed E-state index contributed by atoms with van der Waals surface area (Å²) < 4.78 is 12.8. The molecule has 108 valence electrons. The first kappa shape index (κ1) is 16.3. The quantitative estimate of drug-likeness (QED) is 0.296. The van der Waals surface area contributed by atoms with E-state index < -0.39 is 0 Å². The van der Waals surface area contributed by atoms with Gasteiger partial charge in [-0.1, -0.05) is 29.0 Å². The lowest BCUT2D eigenvalue weighted by molar-refractivity contribution is -0.0441. The summed E-state index contributed by atoms with van der Waals surface area (Å²) in [6.45, 7) is 0. The lowest BCUT2D eigenvalue weighted by atomic mass is 10.3. The number of rotatable bonds is 9. The highest BCUT2D eigenvalue weighted by atomic mass is 33.1. The molecule has 1 aromatic heterocycles. The van der Waals surface area contributed by atoms with Crippen LogP contribution in [-0.2, 0) is 9.47 Å². The number of ether oxygens (including phenoxy) is 2. The van der Waals surface area contributed by atoms with Gasteiger partial charge in [0.2, 0.25) is 0 Å². The van der Waals surface area contributed by atoms with Gasteiger partial charge in [-0.2, -0.15) is 0 Å². The van der Waals surface area contributed by atoms with Gasteiger partial charge in [-0.25, -0.2) is 4.98 Å². The molecule has 7 heteroatoms. The zero-order valence-electron chi connectivity index (χ0n) is 11.5. The number of nitrogens with zero attached hydrogens (tertiary/aromatic N) is 1. The van der Waals surface area contributed by atoms with Crippen molar-refractivity contribution in [1.82, 2.24) is 4.98 Å². The van der Waals surface area contributed by atoms with Crippen molar-refractivity contribution in [3.05, 3.63) is 24.3 Å². The van der Waals surface area contributed by atoms with Crippen LogP contribution in [0.1, 0.15) is 6.42 Å². The minimum atomic E-state index is -0.0306. The highest BCUT2D eigenvalue weighted by Gasteiger charge is 2.06. The standard InChI is InChI=1S/C13H17NO2S3Si/c1-15-13(16-2)20-9-5-8-17-19-12-14-10-6-3-4-7-11(10)18-12/h3-4,6-7,13H,5,8-9H2,1-2H3. The van der Waals surface area contributed by atoms with E-state index in [2.05, 4.69) is 23.2 Å². The second-order valence-corrected chi connectivity index (χ2v) is 9.04. The molecular formula is C13H17NO2S3Si. The number of methoxy groups -OCH3 is 2. The van der Waals surface area contributed by atoms with Crippen LogP contribution in [0, 0.1) is 0 Å². The molecule has 0 aliphatic rings. The number of fused-ring (bicyclic) bond motifs is 1. The van der Waals surface area contributed by atoms with Crippen molar-refractivity contribution in [1.29, 1.82) is 0 Å². The fraction of sp³-hybridized carbons (Fsp3) is 0.462. The summed E-state index contributed by atoms with van der Waals surface area (Å²) in [5.41, 5.74) is 1.10.